The maximum Gasteiger partial charge on any atom is 0.231 e. The van der Waals surface area contributed by atoms with Gasteiger partial charge in [0.25, 0.3) is 0 Å². The fourth-order valence-electron chi connectivity index (χ4n) is 2.67. The van der Waals surface area contributed by atoms with E-state index < -0.39 is 5.78 Å². The van der Waals surface area contributed by atoms with Crippen LogP contribution < -0.4 is 0 Å². The van der Waals surface area contributed by atoms with Crippen LogP contribution in [0.2, 0.25) is 0 Å². The molecule has 0 aromatic carbocycles. The molecule has 0 aliphatic carbocycles. The minimum Gasteiger partial charge on any atom is -0.490 e. The highest BCUT2D eigenvalue weighted by atomic mass is 16.5. The number of ether oxygens (including phenoxy) is 2. The lowest BCUT2D eigenvalue weighted by Gasteiger charge is -2.11. The predicted molar refractivity (Wildman–Crippen MR) is 107 cm³/mol. The zero-order valence-electron chi connectivity index (χ0n) is 17.3. The molecule has 0 aliphatic rings. The topological polar surface area (TPSA) is 69.7 Å². The van der Waals surface area contributed by atoms with Crippen LogP contribution in [0, 0.1) is 0 Å². The van der Waals surface area contributed by atoms with Crippen molar-refractivity contribution in [3.63, 3.8) is 0 Å². The van der Waals surface area contributed by atoms with E-state index in [1.807, 2.05) is 0 Å². The van der Waals surface area contributed by atoms with Gasteiger partial charge in [-0.15, -0.1) is 0 Å². The third-order valence-electron chi connectivity index (χ3n) is 4.27. The van der Waals surface area contributed by atoms with E-state index in [1.165, 1.54) is 46.0 Å². The summed E-state index contributed by atoms with van der Waals surface area (Å²) in [6.07, 6.45) is 11.1. The average Bonchev–Trinajstić information content (AvgIpc) is 2.68. The van der Waals surface area contributed by atoms with Crippen molar-refractivity contribution in [2.45, 2.75) is 71.6 Å². The van der Waals surface area contributed by atoms with Crippen molar-refractivity contribution in [2.75, 3.05) is 14.2 Å². The van der Waals surface area contributed by atoms with Crippen LogP contribution in [0.5, 0.6) is 0 Å². The fraction of sp³-hybridized carbons (Fsp3) is 0.591. The third-order valence-corrected chi connectivity index (χ3v) is 4.27. The first-order valence-electron chi connectivity index (χ1n) is 9.71. The van der Waals surface area contributed by atoms with Crippen molar-refractivity contribution in [3.8, 4) is 0 Å². The van der Waals surface area contributed by atoms with E-state index in [0.717, 1.165) is 25.5 Å². The predicted octanol–water partition coefficient (Wildman–Crippen LogP) is 4.86. The van der Waals surface area contributed by atoms with Crippen molar-refractivity contribution in [2.24, 2.45) is 0 Å². The normalized spacial score (nSPS) is 12.2. The highest BCUT2D eigenvalue weighted by Gasteiger charge is 2.23. The standard InChI is InChI=1S/C22H34O5/c1-6-8-9-10-11-12-13-14-18(16-23)15-17(3)20(25)22(27-5)21(26-4)19(24)7-2/h15-16H,3,6-14H2,1-2,4-5H3/b18-15+,22-21-. The van der Waals surface area contributed by atoms with Gasteiger partial charge in [0.05, 0.1) is 14.2 Å². The molecular formula is C22H34O5. The van der Waals surface area contributed by atoms with Crippen LogP contribution in [-0.2, 0) is 23.9 Å². The van der Waals surface area contributed by atoms with E-state index in [-0.39, 0.29) is 29.3 Å². The Bertz CT molecular complexity index is 569. The van der Waals surface area contributed by atoms with E-state index in [4.69, 9.17) is 9.47 Å². The Labute approximate surface area is 163 Å². The Morgan fingerprint density at radius 1 is 0.889 bits per heavy atom. The number of ketones is 2. The van der Waals surface area contributed by atoms with E-state index in [2.05, 4.69) is 13.5 Å². The maximum absolute atomic E-state index is 12.5. The molecule has 0 atom stereocenters. The lowest BCUT2D eigenvalue weighted by atomic mass is 10.0. The highest BCUT2D eigenvalue weighted by molar-refractivity contribution is 6.13. The van der Waals surface area contributed by atoms with Gasteiger partial charge in [-0.05, 0) is 24.5 Å². The van der Waals surface area contributed by atoms with Crippen molar-refractivity contribution in [1.82, 2.24) is 0 Å². The Kier molecular flexibility index (Phi) is 13.7. The lowest BCUT2D eigenvalue weighted by molar-refractivity contribution is -0.121. The number of carbonyl (C=O) groups is 3. The van der Waals surface area contributed by atoms with Crippen molar-refractivity contribution >= 4 is 17.9 Å². The fourth-order valence-corrected chi connectivity index (χ4v) is 2.67. The van der Waals surface area contributed by atoms with E-state index >= 15 is 0 Å². The molecule has 0 fully saturated rings. The molecule has 0 heterocycles. The molecule has 0 spiro atoms. The van der Waals surface area contributed by atoms with Gasteiger partial charge in [0.1, 0.15) is 6.29 Å². The van der Waals surface area contributed by atoms with Gasteiger partial charge >= 0.3 is 0 Å². The molecule has 5 heteroatoms. The van der Waals surface area contributed by atoms with Gasteiger partial charge in [-0.2, -0.15) is 0 Å². The molecule has 0 aromatic heterocycles. The van der Waals surface area contributed by atoms with Crippen LogP contribution in [0.15, 0.2) is 35.3 Å². The monoisotopic (exact) mass is 378 g/mol. The molecule has 0 bridgehead atoms. The summed E-state index contributed by atoms with van der Waals surface area (Å²) < 4.78 is 10.1. The summed E-state index contributed by atoms with van der Waals surface area (Å²) >= 11 is 0. The largest absolute Gasteiger partial charge is 0.490 e. The SMILES string of the molecule is C=C(/C=C(/C=O)CCCCCCCCC)C(=O)/C(OC)=C(/OC)C(=O)CC. The van der Waals surface area contributed by atoms with Gasteiger partial charge in [-0.3, -0.25) is 14.4 Å². The third kappa shape index (κ3) is 9.36. The van der Waals surface area contributed by atoms with Crippen molar-refractivity contribution in [3.05, 3.63) is 35.3 Å². The maximum atomic E-state index is 12.5. The second-order valence-electron chi connectivity index (χ2n) is 6.41. The van der Waals surface area contributed by atoms with Crippen LogP contribution in [0.1, 0.15) is 71.6 Å². The summed E-state index contributed by atoms with van der Waals surface area (Å²) in [6, 6.07) is 0. The molecule has 27 heavy (non-hydrogen) atoms. The molecule has 5 nitrogen and oxygen atoms in total. The number of hydrogen-bond acceptors (Lipinski definition) is 5. The molecule has 0 saturated carbocycles. The molecule has 0 N–H and O–H groups in total. The summed E-state index contributed by atoms with van der Waals surface area (Å²) in [7, 11) is 2.61. The lowest BCUT2D eigenvalue weighted by Crippen LogP contribution is -2.15. The molecular weight excluding hydrogens is 344 g/mol. The van der Waals surface area contributed by atoms with Crippen LogP contribution in [0.4, 0.5) is 0 Å². The zero-order valence-corrected chi connectivity index (χ0v) is 17.3. The Morgan fingerprint density at radius 3 is 1.93 bits per heavy atom. The van der Waals surface area contributed by atoms with E-state index in [1.54, 1.807) is 6.92 Å². The first-order valence-corrected chi connectivity index (χ1v) is 9.71. The average molecular weight is 379 g/mol. The van der Waals surface area contributed by atoms with Crippen LogP contribution in [-0.4, -0.2) is 32.1 Å². The molecule has 0 rings (SSSR count). The summed E-state index contributed by atoms with van der Waals surface area (Å²) in [6.45, 7) is 7.58. The molecule has 0 aromatic rings. The Hall–Kier alpha value is -2.17. The molecule has 0 aliphatic heterocycles. The summed E-state index contributed by atoms with van der Waals surface area (Å²) in [4.78, 5) is 35.8. The number of aldehydes is 1. The number of hydrogen-bond donors (Lipinski definition) is 0. The molecule has 152 valence electrons. The van der Waals surface area contributed by atoms with Gasteiger partial charge < -0.3 is 9.47 Å². The quantitative estimate of drug-likeness (QED) is 0.126. The minimum absolute atomic E-state index is 0.0929. The van der Waals surface area contributed by atoms with E-state index in [9.17, 15) is 14.4 Å². The van der Waals surface area contributed by atoms with Gasteiger partial charge in [0.2, 0.25) is 23.1 Å². The zero-order chi connectivity index (χ0) is 20.7. The first kappa shape index (κ1) is 24.8. The van der Waals surface area contributed by atoms with Gasteiger partial charge in [0.15, 0.2) is 0 Å². The van der Waals surface area contributed by atoms with Crippen molar-refractivity contribution in [1.29, 1.82) is 0 Å². The smallest absolute Gasteiger partial charge is 0.231 e. The second kappa shape index (κ2) is 14.9. The van der Waals surface area contributed by atoms with Gasteiger partial charge in [-0.1, -0.05) is 59.0 Å². The van der Waals surface area contributed by atoms with E-state index in [0.29, 0.717) is 12.0 Å². The molecule has 0 saturated heterocycles. The van der Waals surface area contributed by atoms with Crippen molar-refractivity contribution < 1.29 is 23.9 Å². The number of allylic oxidation sites excluding steroid dienone is 4. The minimum atomic E-state index is -0.560. The Morgan fingerprint density at radius 2 is 1.44 bits per heavy atom. The van der Waals surface area contributed by atoms with Gasteiger partial charge in [-0.25, -0.2) is 0 Å². The summed E-state index contributed by atoms with van der Waals surface area (Å²) in [5.74, 6) is -1.21. The second-order valence-corrected chi connectivity index (χ2v) is 6.41. The number of rotatable bonds is 16. The summed E-state index contributed by atoms with van der Waals surface area (Å²) in [5.41, 5.74) is 0.605. The van der Waals surface area contributed by atoms with Gasteiger partial charge in [0, 0.05) is 12.0 Å². The van der Waals surface area contributed by atoms with Crippen LogP contribution in [0.25, 0.3) is 0 Å². The number of carbonyl (C=O) groups excluding carboxylic acids is 3. The number of Topliss-reactive ketones (excluding diaryl/α,β-unsaturated/α-hetero) is 2. The highest BCUT2D eigenvalue weighted by Crippen LogP contribution is 2.18. The summed E-state index contributed by atoms with van der Waals surface area (Å²) in [5, 5.41) is 0. The Balaban J connectivity index is 4.91. The van der Waals surface area contributed by atoms with Crippen LogP contribution >= 0.6 is 0 Å². The first-order chi connectivity index (χ1) is 13.0. The molecule has 0 unspecified atom stereocenters. The number of methoxy groups -OCH3 is 2. The molecule has 0 amide bonds. The number of unbranched alkanes of at least 4 members (excludes halogenated alkanes) is 6. The van der Waals surface area contributed by atoms with Crippen LogP contribution in [0.3, 0.4) is 0 Å². The molecule has 0 radical (unpaired) electrons.